The first kappa shape index (κ1) is 20.7. The zero-order valence-corrected chi connectivity index (χ0v) is 17.6. The fraction of sp³-hybridized carbons (Fsp3) is 0.545. The first-order chi connectivity index (χ1) is 13.2. The molecular weight excluding hydrogens is 376 g/mol. The van der Waals surface area contributed by atoms with Gasteiger partial charge in [-0.1, -0.05) is 50.4 Å². The Hall–Kier alpha value is -2.01. The van der Waals surface area contributed by atoms with Crippen molar-refractivity contribution in [2.45, 2.75) is 64.3 Å². The number of carboxylic acids is 1. The summed E-state index contributed by atoms with van der Waals surface area (Å²) in [5.74, 6) is -0.219. The Balaban J connectivity index is 1.94. The fourth-order valence-corrected chi connectivity index (χ4v) is 4.80. The first-order valence-corrected chi connectivity index (χ1v) is 10.4. The number of rotatable bonds is 6. The summed E-state index contributed by atoms with van der Waals surface area (Å²) < 4.78 is 0. The third kappa shape index (κ3) is 4.04. The van der Waals surface area contributed by atoms with Crippen LogP contribution in [-0.2, 0) is 10.3 Å². The van der Waals surface area contributed by atoms with Gasteiger partial charge in [-0.3, -0.25) is 4.79 Å². The second kappa shape index (κ2) is 8.16. The monoisotopic (exact) mass is 404 g/mol. The second-order valence-corrected chi connectivity index (χ2v) is 8.76. The van der Waals surface area contributed by atoms with Crippen LogP contribution in [0.3, 0.4) is 0 Å². The zero-order valence-electron chi connectivity index (χ0n) is 16.8. The molecule has 1 aliphatic carbocycles. The molecule has 1 aromatic rings. The highest BCUT2D eigenvalue weighted by molar-refractivity contribution is 6.31. The van der Waals surface area contributed by atoms with Gasteiger partial charge in [0.1, 0.15) is 0 Å². The standard InChI is InChI=1S/C22H29ClN2O3/c1-14(2)18-13-25(11-10-20(26)27)21(28)24-22(18,3)16-8-9-17(19(23)12-16)15-6-4-5-7-15/h8-9,12-15H,4-7,10-11H2,1-3H3,(H,24,28)(H,26,27)/t22-/m1/s1. The molecule has 2 amide bonds. The predicted molar refractivity (Wildman–Crippen MR) is 110 cm³/mol. The summed E-state index contributed by atoms with van der Waals surface area (Å²) in [5, 5.41) is 12.8. The highest BCUT2D eigenvalue weighted by Gasteiger charge is 2.40. The number of carbonyl (C=O) groups excluding carboxylic acids is 1. The van der Waals surface area contributed by atoms with Crippen LogP contribution in [0.1, 0.15) is 69.9 Å². The average Bonchev–Trinajstić information content (AvgIpc) is 3.14. The van der Waals surface area contributed by atoms with E-state index in [4.69, 9.17) is 16.7 Å². The van der Waals surface area contributed by atoms with E-state index >= 15 is 0 Å². The Kier molecular flexibility index (Phi) is 6.04. The van der Waals surface area contributed by atoms with Gasteiger partial charge in [0.2, 0.25) is 0 Å². The van der Waals surface area contributed by atoms with Crippen molar-refractivity contribution in [1.82, 2.24) is 10.2 Å². The zero-order chi connectivity index (χ0) is 20.5. The van der Waals surface area contributed by atoms with Crippen LogP contribution in [0.4, 0.5) is 4.79 Å². The normalized spacial score (nSPS) is 23.1. The topological polar surface area (TPSA) is 69.6 Å². The number of carboxylic acid groups (broad SMARTS) is 1. The molecule has 3 rings (SSSR count). The van der Waals surface area contributed by atoms with Gasteiger partial charge >= 0.3 is 12.0 Å². The lowest BCUT2D eigenvalue weighted by Gasteiger charge is -2.42. The van der Waals surface area contributed by atoms with Crippen LogP contribution in [0, 0.1) is 5.92 Å². The molecule has 2 N–H and O–H groups in total. The van der Waals surface area contributed by atoms with Crippen molar-refractivity contribution in [3.63, 3.8) is 0 Å². The quantitative estimate of drug-likeness (QED) is 0.680. The molecule has 0 unspecified atom stereocenters. The van der Waals surface area contributed by atoms with Crippen LogP contribution in [-0.4, -0.2) is 28.6 Å². The van der Waals surface area contributed by atoms with Gasteiger partial charge < -0.3 is 15.3 Å². The van der Waals surface area contributed by atoms with Crippen molar-refractivity contribution in [2.75, 3.05) is 6.54 Å². The third-order valence-electron chi connectivity index (χ3n) is 6.05. The number of nitrogens with one attached hydrogen (secondary N) is 1. The molecule has 5 nitrogen and oxygen atoms in total. The minimum absolute atomic E-state index is 0.0894. The molecule has 0 aromatic heterocycles. The van der Waals surface area contributed by atoms with E-state index in [1.54, 1.807) is 0 Å². The lowest BCUT2D eigenvalue weighted by molar-refractivity contribution is -0.137. The van der Waals surface area contributed by atoms with Gasteiger partial charge in [-0.2, -0.15) is 0 Å². The smallest absolute Gasteiger partial charge is 0.322 e. The Morgan fingerprint density at radius 3 is 2.61 bits per heavy atom. The summed E-state index contributed by atoms with van der Waals surface area (Å²) in [6.45, 7) is 6.29. The molecule has 0 saturated heterocycles. The third-order valence-corrected chi connectivity index (χ3v) is 6.38. The number of carbonyl (C=O) groups is 2. The van der Waals surface area contributed by atoms with Gasteiger partial charge in [-0.15, -0.1) is 0 Å². The highest BCUT2D eigenvalue weighted by atomic mass is 35.5. The molecule has 1 aromatic carbocycles. The largest absolute Gasteiger partial charge is 0.481 e. The molecule has 1 aliphatic heterocycles. The van der Waals surface area contributed by atoms with Crippen LogP contribution in [0.25, 0.3) is 0 Å². The number of aliphatic carboxylic acids is 1. The van der Waals surface area contributed by atoms with Crippen molar-refractivity contribution < 1.29 is 14.7 Å². The van der Waals surface area contributed by atoms with E-state index in [9.17, 15) is 9.59 Å². The molecule has 6 heteroatoms. The Morgan fingerprint density at radius 1 is 1.36 bits per heavy atom. The lowest BCUT2D eigenvalue weighted by atomic mass is 9.77. The van der Waals surface area contributed by atoms with Crippen molar-refractivity contribution in [3.05, 3.63) is 46.1 Å². The Bertz CT molecular complexity index is 799. The van der Waals surface area contributed by atoms with Gasteiger partial charge in [0.15, 0.2) is 0 Å². The number of benzene rings is 1. The number of nitrogens with zero attached hydrogens (tertiary/aromatic N) is 1. The number of halogens is 1. The summed E-state index contributed by atoms with van der Waals surface area (Å²) in [7, 11) is 0. The van der Waals surface area contributed by atoms with E-state index < -0.39 is 11.5 Å². The summed E-state index contributed by atoms with van der Waals surface area (Å²) >= 11 is 6.66. The number of hydrogen-bond donors (Lipinski definition) is 2. The first-order valence-electron chi connectivity index (χ1n) is 10.0. The highest BCUT2D eigenvalue weighted by Crippen LogP contribution is 2.42. The van der Waals surface area contributed by atoms with Crippen LogP contribution < -0.4 is 5.32 Å². The van der Waals surface area contributed by atoms with Crippen LogP contribution in [0.15, 0.2) is 30.0 Å². The summed E-state index contributed by atoms with van der Waals surface area (Å²) in [6.07, 6.45) is 6.59. The van der Waals surface area contributed by atoms with Gasteiger partial charge in [0.25, 0.3) is 0 Å². The molecule has 1 saturated carbocycles. The van der Waals surface area contributed by atoms with Gasteiger partial charge in [0.05, 0.1) is 12.0 Å². The van der Waals surface area contributed by atoms with Crippen LogP contribution in [0.5, 0.6) is 0 Å². The van der Waals surface area contributed by atoms with E-state index in [0.29, 0.717) is 5.92 Å². The Morgan fingerprint density at radius 2 is 2.04 bits per heavy atom. The number of hydrogen-bond acceptors (Lipinski definition) is 2. The van der Waals surface area contributed by atoms with E-state index in [-0.39, 0.29) is 24.9 Å². The lowest BCUT2D eigenvalue weighted by Crippen LogP contribution is -2.55. The molecule has 1 heterocycles. The molecule has 152 valence electrons. The molecular formula is C22H29ClN2O3. The molecule has 0 spiro atoms. The molecule has 0 radical (unpaired) electrons. The van der Waals surface area contributed by atoms with Crippen LogP contribution in [0.2, 0.25) is 5.02 Å². The summed E-state index contributed by atoms with van der Waals surface area (Å²) in [5.41, 5.74) is 2.50. The molecule has 28 heavy (non-hydrogen) atoms. The van der Waals surface area contributed by atoms with Crippen molar-refractivity contribution >= 4 is 23.6 Å². The maximum atomic E-state index is 12.7. The van der Waals surface area contributed by atoms with Gasteiger partial charge in [0, 0.05) is 17.8 Å². The molecule has 1 atom stereocenters. The van der Waals surface area contributed by atoms with Gasteiger partial charge in [-0.05, 0) is 54.4 Å². The molecule has 1 fully saturated rings. The second-order valence-electron chi connectivity index (χ2n) is 8.35. The summed E-state index contributed by atoms with van der Waals surface area (Å²) in [4.78, 5) is 25.0. The summed E-state index contributed by atoms with van der Waals surface area (Å²) in [6, 6.07) is 5.88. The van der Waals surface area contributed by atoms with Crippen LogP contribution >= 0.6 is 11.6 Å². The SMILES string of the molecule is CC(C)C1=CN(CCC(=O)O)C(=O)N[C@]1(C)c1ccc(C2CCCC2)c(Cl)c1. The number of amides is 2. The van der Waals surface area contributed by atoms with Crippen molar-refractivity contribution in [3.8, 4) is 0 Å². The maximum Gasteiger partial charge on any atom is 0.322 e. The van der Waals surface area contributed by atoms with Gasteiger partial charge in [-0.25, -0.2) is 4.79 Å². The van der Waals surface area contributed by atoms with E-state index in [0.717, 1.165) is 16.2 Å². The van der Waals surface area contributed by atoms with Crippen molar-refractivity contribution in [2.24, 2.45) is 5.92 Å². The maximum absolute atomic E-state index is 12.7. The van der Waals surface area contributed by atoms with E-state index in [1.165, 1.54) is 36.1 Å². The van der Waals surface area contributed by atoms with E-state index in [1.807, 2.05) is 19.2 Å². The van der Waals surface area contributed by atoms with E-state index in [2.05, 4.69) is 31.3 Å². The Labute approximate surface area is 171 Å². The minimum atomic E-state index is -0.921. The molecule has 0 bridgehead atoms. The van der Waals surface area contributed by atoms with Crippen molar-refractivity contribution in [1.29, 1.82) is 0 Å². The minimum Gasteiger partial charge on any atom is -0.481 e. The fourth-order valence-electron chi connectivity index (χ4n) is 4.47. The predicted octanol–water partition coefficient (Wildman–Crippen LogP) is 5.25. The average molecular weight is 405 g/mol. The molecule has 2 aliphatic rings. The number of urea groups is 1.